The summed E-state index contributed by atoms with van der Waals surface area (Å²) in [5.74, 6) is 1.51. The van der Waals surface area contributed by atoms with E-state index in [-0.39, 0.29) is 16.0 Å². The molecule has 0 radical (unpaired) electrons. The highest BCUT2D eigenvalue weighted by atomic mass is 31.2. The number of aromatic nitrogens is 4. The van der Waals surface area contributed by atoms with Crippen molar-refractivity contribution in [1.29, 1.82) is 0 Å². The number of hydrogen-bond donors (Lipinski definition) is 2. The number of nitrogens with zero attached hydrogens (tertiary/aromatic N) is 2. The molecule has 0 saturated carbocycles. The van der Waals surface area contributed by atoms with Gasteiger partial charge in [0.2, 0.25) is 7.37 Å². The monoisotopic (exact) mass is 1250 g/mol. The predicted octanol–water partition coefficient (Wildman–Crippen LogP) is 8.47. The van der Waals surface area contributed by atoms with E-state index in [1.807, 2.05) is 78.9 Å². The van der Waals surface area contributed by atoms with Gasteiger partial charge in [0.05, 0.1) is 12.2 Å². The third-order valence-corrected chi connectivity index (χ3v) is 31.1. The molecule has 2 N–H and O–H groups in total. The van der Waals surface area contributed by atoms with Crippen molar-refractivity contribution < 1.29 is 50.4 Å². The van der Waals surface area contributed by atoms with Crippen molar-refractivity contribution in [2.45, 2.75) is 115 Å². The number of hydrogen-bond acceptors (Lipinski definition) is 15. The van der Waals surface area contributed by atoms with Gasteiger partial charge < -0.3 is 41.3 Å². The van der Waals surface area contributed by atoms with E-state index >= 15 is 0 Å². The van der Waals surface area contributed by atoms with Gasteiger partial charge in [-0.2, -0.15) is 0 Å². The zero-order valence-electron chi connectivity index (χ0n) is 50.4. The summed E-state index contributed by atoms with van der Waals surface area (Å²) in [7, 11) is -10.6. The van der Waals surface area contributed by atoms with Crippen LogP contribution in [0.15, 0.2) is 165 Å². The molecule has 454 valence electrons. The van der Waals surface area contributed by atoms with Crippen molar-refractivity contribution in [3.8, 4) is 0 Å². The van der Waals surface area contributed by atoms with Crippen LogP contribution >= 0.6 is 22.1 Å². The van der Waals surface area contributed by atoms with Crippen LogP contribution < -0.4 is 43.2 Å². The molecule has 2 fully saturated rings. The summed E-state index contributed by atoms with van der Waals surface area (Å²) in [5.41, 5.74) is -1.15. The highest BCUT2D eigenvalue weighted by molar-refractivity contribution is 7.73. The Labute approximate surface area is 493 Å². The van der Waals surface area contributed by atoms with Gasteiger partial charge in [0.15, 0.2) is 6.29 Å². The quantitative estimate of drug-likeness (QED) is 0.0466. The lowest BCUT2D eigenvalue weighted by molar-refractivity contribution is -0.122. The number of nitrogens with one attached hydrogen (secondary N) is 2. The van der Waals surface area contributed by atoms with Gasteiger partial charge in [-0.1, -0.05) is 163 Å². The molecular weight excluding hydrogens is 1170 g/mol. The largest absolute Gasteiger partial charge is 0.401 e. The van der Waals surface area contributed by atoms with Crippen LogP contribution in [0.1, 0.15) is 78.0 Å². The maximum atomic E-state index is 12.7. The topological polar surface area (TPSA) is 243 Å². The van der Waals surface area contributed by atoms with Gasteiger partial charge in [0, 0.05) is 64.4 Å². The Kier molecular flexibility index (Phi) is 22.5. The smallest absolute Gasteiger partial charge is 0.339 e. The third kappa shape index (κ3) is 15.9. The summed E-state index contributed by atoms with van der Waals surface area (Å²) in [4.78, 5) is 65.8. The summed E-state index contributed by atoms with van der Waals surface area (Å²) in [5, 5.41) is 3.94. The Morgan fingerprint density at radius 1 is 0.560 bits per heavy atom. The lowest BCUT2D eigenvalue weighted by atomic mass is 10.2. The standard InChI is InChI=1S/C29H37N2O5PSi.C26H30N2O5Si.C5H14O5P2/c1-21-20-31(28(33)30-27(21)32)26-19-25(24(35-26)17-18-37(5,6)34)36-38(29(2,3)4,22-13-9-7-10-14-22)23-15-11-8-12-16-23;1-18-16-28(25(31)27-24(18)30)23-15-21(22(17-29)32-23)33-34(26(2,3)4,19-11-7-5-8-12-19)20-13-9-6-10-14-20;1-8-11(4,6)5-12(7,9-2)10-3/h7-18,20,24-26H,19H2,1-6H3,(H,30,32,33);5-14,16-17,21-23H,15H2,1-4H3,(H,27,30,31);5H2,1-4H3/b18-17+;;/t24-,25?,26-;21?,22-,23-;/m11./s1. The normalized spacial score (nSPS) is 20.3. The van der Waals surface area contributed by atoms with E-state index in [1.165, 1.54) is 49.5 Å². The molecule has 3 unspecified atom stereocenters. The van der Waals surface area contributed by atoms with Crippen LogP contribution in [0.3, 0.4) is 0 Å². The zero-order chi connectivity index (χ0) is 62.1. The van der Waals surface area contributed by atoms with Gasteiger partial charge in [0.1, 0.15) is 37.7 Å². The maximum absolute atomic E-state index is 12.7. The van der Waals surface area contributed by atoms with E-state index < -0.39 is 98.1 Å². The highest BCUT2D eigenvalue weighted by Gasteiger charge is 2.55. The summed E-state index contributed by atoms with van der Waals surface area (Å²) in [6.45, 7) is 21.2. The number of aromatic amines is 2. The van der Waals surface area contributed by atoms with E-state index in [0.29, 0.717) is 24.0 Å². The van der Waals surface area contributed by atoms with E-state index in [0.717, 1.165) is 27.0 Å². The molecule has 0 bridgehead atoms. The van der Waals surface area contributed by atoms with Gasteiger partial charge in [-0.25, -0.2) is 9.59 Å². The Hall–Kier alpha value is -5.51. The summed E-state index contributed by atoms with van der Waals surface area (Å²) < 4.78 is 78.8. The van der Waals surface area contributed by atoms with E-state index in [4.69, 9.17) is 18.3 Å². The molecule has 2 saturated heterocycles. The van der Waals surface area contributed by atoms with Crippen molar-refractivity contribution in [1.82, 2.24) is 19.1 Å². The Morgan fingerprint density at radius 3 is 1.19 bits per heavy atom. The number of aldehydes is 1. The molecule has 4 heterocycles. The minimum atomic E-state index is -3.21. The zero-order valence-corrected chi connectivity index (χ0v) is 55.1. The van der Waals surface area contributed by atoms with Crippen molar-refractivity contribution in [2.75, 3.05) is 47.2 Å². The van der Waals surface area contributed by atoms with Gasteiger partial charge in [-0.15, -0.1) is 0 Å². The van der Waals surface area contributed by atoms with Crippen LogP contribution in [0.4, 0.5) is 0 Å². The number of carbonyl (C=O) groups excluding carboxylic acids is 1. The van der Waals surface area contributed by atoms with Gasteiger partial charge in [0.25, 0.3) is 27.8 Å². The summed E-state index contributed by atoms with van der Waals surface area (Å²) in [6, 6.07) is 41.0. The van der Waals surface area contributed by atoms with E-state index in [1.54, 1.807) is 33.0 Å². The third-order valence-electron chi connectivity index (χ3n) is 14.8. The van der Waals surface area contributed by atoms with E-state index in [2.05, 4.69) is 114 Å². The summed E-state index contributed by atoms with van der Waals surface area (Å²) >= 11 is 0. The molecule has 0 amide bonds. The van der Waals surface area contributed by atoms with E-state index in [9.17, 15) is 37.7 Å². The molecule has 2 aliphatic rings. The molecule has 84 heavy (non-hydrogen) atoms. The van der Waals surface area contributed by atoms with Crippen molar-refractivity contribution in [2.24, 2.45) is 0 Å². The number of rotatable bonds is 18. The van der Waals surface area contributed by atoms with Crippen LogP contribution in [-0.4, -0.2) is 114 Å². The van der Waals surface area contributed by atoms with Crippen molar-refractivity contribution in [3.05, 3.63) is 198 Å². The molecule has 2 aliphatic heterocycles. The number of H-pyrrole nitrogens is 2. The van der Waals surface area contributed by atoms with Crippen LogP contribution in [0.5, 0.6) is 0 Å². The molecule has 6 aromatic rings. The van der Waals surface area contributed by atoms with Gasteiger partial charge >= 0.3 is 19.0 Å². The first kappa shape index (κ1) is 67.6. The average Bonchev–Trinajstić information content (AvgIpc) is 4.08. The molecule has 19 nitrogen and oxygen atoms in total. The van der Waals surface area contributed by atoms with Crippen LogP contribution in [0.25, 0.3) is 0 Å². The average molecular weight is 1250 g/mol. The second-order valence-corrected chi connectivity index (χ2v) is 40.6. The fourth-order valence-electron chi connectivity index (χ4n) is 10.5. The molecule has 7 atom stereocenters. The van der Waals surface area contributed by atoms with Gasteiger partial charge in [-0.3, -0.25) is 37.8 Å². The fraction of sp³-hybridized carbons (Fsp3) is 0.417. The second kappa shape index (κ2) is 27.9. The first-order valence-electron chi connectivity index (χ1n) is 27.4. The lowest BCUT2D eigenvalue weighted by Crippen LogP contribution is -2.68. The Balaban J connectivity index is 0.000000227. The van der Waals surface area contributed by atoms with Crippen LogP contribution in [-0.2, 0) is 50.4 Å². The van der Waals surface area contributed by atoms with Gasteiger partial charge in [-0.05, 0) is 69.9 Å². The summed E-state index contributed by atoms with van der Waals surface area (Å²) in [6.07, 6.45) is 2.52. The first-order chi connectivity index (χ1) is 39.4. The Morgan fingerprint density at radius 2 is 0.893 bits per heavy atom. The van der Waals surface area contributed by atoms with Crippen molar-refractivity contribution in [3.63, 3.8) is 0 Å². The molecule has 4 aromatic carbocycles. The Bertz CT molecular complexity index is 3510. The fourth-order valence-corrected chi connectivity index (χ4v) is 24.5. The molecule has 8 rings (SSSR count). The number of benzene rings is 4. The first-order valence-corrected chi connectivity index (χ1v) is 37.9. The SMILES string of the molecule is COP(C)(=O)CP(=O)(OC)OC.Cc1cn([C@H]2CC(O[Si](c3ccccc3)(c3ccccc3)C(C)(C)C)[C@@H](/C=C/P(C)(C)=O)O2)c(=O)[nH]c1=O.Cc1cn([C@H]2CC(O[Si](c3ccccc3)(c3ccccc3)C(C)(C)C)[C@@H](C=O)O2)c(=O)[nH]c1=O. The molecule has 24 heteroatoms. The molecular formula is C60H81N4O15P3Si2. The number of ether oxygens (including phenoxy) is 2. The minimum absolute atomic E-state index is 0.191. The van der Waals surface area contributed by atoms with Crippen molar-refractivity contribution >= 4 is 65.8 Å². The minimum Gasteiger partial charge on any atom is -0.401 e. The molecule has 0 aliphatic carbocycles. The van der Waals surface area contributed by atoms with Crippen LogP contribution in [0, 0.1) is 13.8 Å². The number of aryl methyl sites for hydroxylation is 2. The molecule has 2 aromatic heterocycles. The van der Waals surface area contributed by atoms with Crippen LogP contribution in [0.2, 0.25) is 10.1 Å². The lowest BCUT2D eigenvalue weighted by Gasteiger charge is -2.45. The number of carbonyl (C=O) groups is 1. The molecule has 0 spiro atoms. The second-order valence-electron chi connectivity index (χ2n) is 23.4. The maximum Gasteiger partial charge on any atom is 0.339 e. The predicted molar refractivity (Wildman–Crippen MR) is 336 cm³/mol. The highest BCUT2D eigenvalue weighted by Crippen LogP contribution is 2.60.